The Labute approximate surface area is 204 Å². The van der Waals surface area contributed by atoms with Gasteiger partial charge in [0.15, 0.2) is 11.2 Å². The number of carbonyl (C=O) groups excluding carboxylic acids is 2. The minimum absolute atomic E-state index is 0.00905. The van der Waals surface area contributed by atoms with Gasteiger partial charge in [0.1, 0.15) is 8.07 Å². The summed E-state index contributed by atoms with van der Waals surface area (Å²) in [5.41, 5.74) is 4.31. The van der Waals surface area contributed by atoms with E-state index in [-0.39, 0.29) is 15.9 Å². The van der Waals surface area contributed by atoms with E-state index in [9.17, 15) is 9.59 Å². The fourth-order valence-corrected chi connectivity index (χ4v) is 5.03. The number of carbonyl (C=O) groups is 2. The van der Waals surface area contributed by atoms with Gasteiger partial charge in [-0.05, 0) is 29.7 Å². The highest BCUT2D eigenvalue weighted by Gasteiger charge is 2.32. The van der Waals surface area contributed by atoms with Crippen molar-refractivity contribution in [2.24, 2.45) is 5.92 Å². The van der Waals surface area contributed by atoms with Gasteiger partial charge in [0, 0.05) is 4.75 Å². The van der Waals surface area contributed by atoms with E-state index in [2.05, 4.69) is 48.6 Å². The smallest absolute Gasteiger partial charge is 0.408 e. The number of ether oxygens (including phenoxy) is 1. The molecule has 0 aliphatic rings. The Balaban J connectivity index is 2.24. The summed E-state index contributed by atoms with van der Waals surface area (Å²) in [5.74, 6) is 2.67. The van der Waals surface area contributed by atoms with Crippen LogP contribution in [0.25, 0.3) is 10.8 Å². The van der Waals surface area contributed by atoms with E-state index in [1.807, 2.05) is 65.0 Å². The van der Waals surface area contributed by atoms with Gasteiger partial charge in [-0.15, -0.1) is 5.54 Å². The minimum Gasteiger partial charge on any atom is -0.432 e. The molecule has 0 spiro atoms. The molecule has 0 bridgehead atoms. The molecule has 0 radical (unpaired) electrons. The van der Waals surface area contributed by atoms with Gasteiger partial charge >= 0.3 is 6.09 Å². The molecule has 0 saturated carbocycles. The van der Waals surface area contributed by atoms with Crippen molar-refractivity contribution in [2.45, 2.75) is 77.6 Å². The van der Waals surface area contributed by atoms with Crippen molar-refractivity contribution < 1.29 is 14.3 Å². The van der Waals surface area contributed by atoms with E-state index in [0.717, 1.165) is 16.3 Å². The largest absolute Gasteiger partial charge is 0.432 e. The zero-order valence-corrected chi connectivity index (χ0v) is 22.9. The maximum Gasteiger partial charge on any atom is 0.408 e. The average molecular weight is 484 g/mol. The molecule has 0 aliphatic heterocycles. The molecule has 4 nitrogen and oxygen atoms in total. The fourth-order valence-electron chi connectivity index (χ4n) is 3.41. The Morgan fingerprint density at radius 3 is 2.33 bits per heavy atom. The van der Waals surface area contributed by atoms with Crippen molar-refractivity contribution in [3.8, 4) is 11.5 Å². The molecule has 1 amide bonds. The van der Waals surface area contributed by atoms with Gasteiger partial charge in [-0.2, -0.15) is 0 Å². The third-order valence-corrected chi connectivity index (χ3v) is 6.97. The molecule has 0 aliphatic carbocycles. The molecule has 0 aromatic heterocycles. The summed E-state index contributed by atoms with van der Waals surface area (Å²) in [5, 5.41) is 5.16. The van der Waals surface area contributed by atoms with Crippen molar-refractivity contribution in [1.29, 1.82) is 0 Å². The maximum absolute atomic E-state index is 13.0. The highest BCUT2D eigenvalue weighted by atomic mass is 32.2. The molecular formula is C27H37NO3SSi. The van der Waals surface area contributed by atoms with Crippen molar-refractivity contribution in [2.75, 3.05) is 0 Å². The molecule has 2 aromatic rings. The van der Waals surface area contributed by atoms with Crippen LogP contribution in [0.15, 0.2) is 42.5 Å². The number of thioether (sulfide) groups is 1. The van der Waals surface area contributed by atoms with Crippen LogP contribution in [0.5, 0.6) is 0 Å². The number of nitrogens with one attached hydrogen (secondary N) is 1. The predicted octanol–water partition coefficient (Wildman–Crippen LogP) is 6.96. The highest BCUT2D eigenvalue weighted by Crippen LogP contribution is 2.30. The molecule has 33 heavy (non-hydrogen) atoms. The van der Waals surface area contributed by atoms with Gasteiger partial charge in [0.2, 0.25) is 0 Å². The first kappa shape index (κ1) is 27.0. The molecule has 0 unspecified atom stereocenters. The van der Waals surface area contributed by atoms with Gasteiger partial charge < -0.3 is 10.1 Å². The Hall–Kier alpha value is -2.23. The second-order valence-electron chi connectivity index (χ2n) is 10.3. The maximum atomic E-state index is 13.0. The lowest BCUT2D eigenvalue weighted by atomic mass is 10.00. The summed E-state index contributed by atoms with van der Waals surface area (Å²) < 4.78 is 5.59. The number of alkyl carbamates (subject to hydrolysis) is 1. The number of hydrogen-bond donors (Lipinski definition) is 1. The van der Waals surface area contributed by atoms with Gasteiger partial charge in [-0.3, -0.25) is 4.79 Å². The molecule has 178 valence electrons. The molecule has 0 heterocycles. The second kappa shape index (κ2) is 11.3. The van der Waals surface area contributed by atoms with Gasteiger partial charge in [-0.25, -0.2) is 4.79 Å². The molecule has 0 saturated heterocycles. The van der Waals surface area contributed by atoms with Crippen molar-refractivity contribution in [3.63, 3.8) is 0 Å². The van der Waals surface area contributed by atoms with Crippen LogP contribution in [0.2, 0.25) is 19.6 Å². The van der Waals surface area contributed by atoms with Gasteiger partial charge in [-0.1, -0.05) is 107 Å². The molecule has 6 heteroatoms. The Kier molecular flexibility index (Phi) is 9.22. The molecule has 1 N–H and O–H groups in total. The lowest BCUT2D eigenvalue weighted by Gasteiger charge is -2.25. The van der Waals surface area contributed by atoms with E-state index >= 15 is 0 Å². The second-order valence-corrected chi connectivity index (χ2v) is 16.9. The predicted molar refractivity (Wildman–Crippen MR) is 143 cm³/mol. The van der Waals surface area contributed by atoms with E-state index in [1.54, 1.807) is 0 Å². The third-order valence-electron chi connectivity index (χ3n) is 4.96. The van der Waals surface area contributed by atoms with E-state index < -0.39 is 26.2 Å². The number of hydrogen-bond acceptors (Lipinski definition) is 4. The van der Waals surface area contributed by atoms with E-state index in [0.29, 0.717) is 6.42 Å². The Bertz CT molecular complexity index is 1040. The quantitative estimate of drug-likeness (QED) is 0.356. The number of fused-ring (bicyclic) bond motifs is 1. The van der Waals surface area contributed by atoms with Crippen LogP contribution in [0, 0.1) is 17.4 Å². The minimum atomic E-state index is -1.72. The monoisotopic (exact) mass is 483 g/mol. The molecule has 2 rings (SSSR count). The summed E-state index contributed by atoms with van der Waals surface area (Å²) in [6, 6.07) is 13.9. The van der Waals surface area contributed by atoms with Gasteiger partial charge in [0.05, 0.1) is 12.0 Å². The first-order chi connectivity index (χ1) is 15.3. The molecule has 3 atom stereocenters. The SMILES string of the molecule is CC[C@@H](C(=O)SC(C)(C)C)[C@H](C#C[Si](C)(C)C)OC(=O)N[C@H](C)c1cccc2ccccc12. The van der Waals surface area contributed by atoms with Crippen LogP contribution in [-0.2, 0) is 9.53 Å². The topological polar surface area (TPSA) is 55.4 Å². The van der Waals surface area contributed by atoms with Crippen LogP contribution in [0.1, 0.15) is 52.6 Å². The first-order valence-corrected chi connectivity index (χ1v) is 15.8. The summed E-state index contributed by atoms with van der Waals surface area (Å²) in [7, 11) is -1.72. The summed E-state index contributed by atoms with van der Waals surface area (Å²) in [6.07, 6.45) is -0.778. The fraction of sp³-hybridized carbons (Fsp3) is 0.481. The van der Waals surface area contributed by atoms with Crippen LogP contribution < -0.4 is 5.32 Å². The van der Waals surface area contributed by atoms with Crippen LogP contribution in [-0.4, -0.2) is 30.1 Å². The lowest BCUT2D eigenvalue weighted by molar-refractivity contribution is -0.116. The van der Waals surface area contributed by atoms with Gasteiger partial charge in [0.25, 0.3) is 0 Å². The first-order valence-electron chi connectivity index (χ1n) is 11.5. The number of benzene rings is 2. The average Bonchev–Trinajstić information content (AvgIpc) is 2.70. The zero-order valence-electron chi connectivity index (χ0n) is 21.1. The molecule has 2 aromatic carbocycles. The number of rotatable bonds is 6. The normalized spacial score (nSPS) is 14.5. The summed E-state index contributed by atoms with van der Waals surface area (Å²) >= 11 is 1.28. The third kappa shape index (κ3) is 8.56. The van der Waals surface area contributed by atoms with Crippen LogP contribution in [0.3, 0.4) is 0 Å². The Morgan fingerprint density at radius 1 is 1.09 bits per heavy atom. The zero-order chi connectivity index (χ0) is 24.8. The lowest BCUT2D eigenvalue weighted by Crippen LogP contribution is -2.37. The van der Waals surface area contributed by atoms with Crippen LogP contribution in [0.4, 0.5) is 4.79 Å². The van der Waals surface area contributed by atoms with Crippen molar-refractivity contribution in [3.05, 3.63) is 48.0 Å². The summed E-state index contributed by atoms with van der Waals surface area (Å²) in [4.78, 5) is 25.9. The molecule has 0 fully saturated rings. The highest BCUT2D eigenvalue weighted by molar-refractivity contribution is 8.14. The van der Waals surface area contributed by atoms with Crippen LogP contribution >= 0.6 is 11.8 Å². The van der Waals surface area contributed by atoms with Crippen molar-refractivity contribution >= 4 is 41.8 Å². The standard InChI is InChI=1S/C27H37NO3SSi/c1-9-21(25(29)32-27(3,4)5)24(17-18-33(6,7)8)31-26(30)28-19(2)22-16-12-14-20-13-10-11-15-23(20)22/h10-16,19,21,24H,9H2,1-8H3,(H,28,30)/t19-,21-,24+/m1/s1. The van der Waals surface area contributed by atoms with E-state index in [1.165, 1.54) is 11.8 Å². The summed E-state index contributed by atoms with van der Waals surface area (Å²) in [6.45, 7) is 16.3. The Morgan fingerprint density at radius 2 is 1.73 bits per heavy atom. The molecular weight excluding hydrogens is 446 g/mol. The number of amides is 1. The van der Waals surface area contributed by atoms with E-state index in [4.69, 9.17) is 4.74 Å². The van der Waals surface area contributed by atoms with Crippen molar-refractivity contribution in [1.82, 2.24) is 5.32 Å².